The van der Waals surface area contributed by atoms with Crippen LogP contribution in [-0.2, 0) is 9.47 Å². The van der Waals surface area contributed by atoms with Gasteiger partial charge in [0.2, 0.25) is 0 Å². The quantitative estimate of drug-likeness (QED) is 0.645. The van der Waals surface area contributed by atoms with Crippen LogP contribution >= 0.6 is 0 Å². The van der Waals surface area contributed by atoms with E-state index in [9.17, 15) is 0 Å². The maximum atomic E-state index is 6.04. The summed E-state index contributed by atoms with van der Waals surface area (Å²) in [6, 6.07) is 0. The highest BCUT2D eigenvalue weighted by atomic mass is 16.7. The van der Waals surface area contributed by atoms with E-state index in [-0.39, 0.29) is 11.9 Å². The van der Waals surface area contributed by atoms with E-state index in [2.05, 4.69) is 33.4 Å². The molecule has 0 amide bonds. The van der Waals surface area contributed by atoms with E-state index < -0.39 is 0 Å². The Morgan fingerprint density at radius 3 is 2.76 bits per heavy atom. The van der Waals surface area contributed by atoms with Crippen LogP contribution in [0.15, 0.2) is 24.3 Å². The van der Waals surface area contributed by atoms with Crippen LogP contribution < -0.4 is 0 Å². The van der Waals surface area contributed by atoms with Gasteiger partial charge in [-0.1, -0.05) is 17.7 Å². The SMILES string of the molecule is C=CC(C)(CCC=C(C)C)OC1CCCCO1. The van der Waals surface area contributed by atoms with Crippen LogP contribution in [0.1, 0.15) is 52.9 Å². The molecule has 1 fully saturated rings. The minimum absolute atomic E-state index is 0.0431. The Bertz CT molecular complexity index is 260. The number of hydrogen-bond acceptors (Lipinski definition) is 2. The minimum atomic E-state index is -0.270. The third kappa shape index (κ3) is 5.51. The molecule has 0 aromatic rings. The van der Waals surface area contributed by atoms with Crippen molar-refractivity contribution in [2.75, 3.05) is 6.61 Å². The molecule has 0 bridgehead atoms. The van der Waals surface area contributed by atoms with E-state index in [0.29, 0.717) is 0 Å². The Balaban J connectivity index is 2.43. The predicted molar refractivity (Wildman–Crippen MR) is 71.9 cm³/mol. The van der Waals surface area contributed by atoms with Gasteiger partial charge >= 0.3 is 0 Å². The zero-order valence-electron chi connectivity index (χ0n) is 11.5. The van der Waals surface area contributed by atoms with Crippen molar-refractivity contribution in [1.82, 2.24) is 0 Å². The van der Waals surface area contributed by atoms with Gasteiger partial charge in [0, 0.05) is 6.61 Å². The largest absolute Gasteiger partial charge is 0.353 e. The lowest BCUT2D eigenvalue weighted by Crippen LogP contribution is -2.34. The average molecular weight is 238 g/mol. The van der Waals surface area contributed by atoms with Gasteiger partial charge in [0.1, 0.15) is 0 Å². The molecule has 0 aromatic heterocycles. The van der Waals surface area contributed by atoms with E-state index in [1.165, 1.54) is 12.0 Å². The monoisotopic (exact) mass is 238 g/mol. The molecule has 0 saturated carbocycles. The van der Waals surface area contributed by atoms with Crippen molar-refractivity contribution in [2.24, 2.45) is 0 Å². The molecule has 0 aliphatic carbocycles. The molecule has 1 aliphatic heterocycles. The van der Waals surface area contributed by atoms with Crippen LogP contribution in [0, 0.1) is 0 Å². The lowest BCUT2D eigenvalue weighted by molar-refractivity contribution is -0.207. The minimum Gasteiger partial charge on any atom is -0.353 e. The van der Waals surface area contributed by atoms with Crippen molar-refractivity contribution in [3.8, 4) is 0 Å². The Hall–Kier alpha value is -0.600. The fourth-order valence-corrected chi connectivity index (χ4v) is 1.96. The van der Waals surface area contributed by atoms with E-state index in [1.54, 1.807) is 0 Å². The van der Waals surface area contributed by atoms with Gasteiger partial charge < -0.3 is 9.47 Å². The van der Waals surface area contributed by atoms with Crippen LogP contribution in [0.2, 0.25) is 0 Å². The molecule has 1 heterocycles. The third-order valence-corrected chi connectivity index (χ3v) is 3.16. The molecule has 0 radical (unpaired) electrons. The zero-order valence-corrected chi connectivity index (χ0v) is 11.5. The van der Waals surface area contributed by atoms with Gasteiger partial charge in [0.05, 0.1) is 5.60 Å². The van der Waals surface area contributed by atoms with Crippen LogP contribution in [0.3, 0.4) is 0 Å². The van der Waals surface area contributed by atoms with Gasteiger partial charge in [-0.25, -0.2) is 0 Å². The molecule has 17 heavy (non-hydrogen) atoms. The first-order chi connectivity index (χ1) is 8.06. The van der Waals surface area contributed by atoms with Gasteiger partial charge in [-0.05, 0) is 52.9 Å². The summed E-state index contributed by atoms with van der Waals surface area (Å²) >= 11 is 0. The first-order valence-electron chi connectivity index (χ1n) is 6.62. The molecule has 1 aliphatic rings. The molecule has 0 N–H and O–H groups in total. The average Bonchev–Trinajstić information content (AvgIpc) is 2.30. The van der Waals surface area contributed by atoms with Crippen molar-refractivity contribution >= 4 is 0 Å². The summed E-state index contributed by atoms with van der Waals surface area (Å²) in [5.41, 5.74) is 1.08. The highest BCUT2D eigenvalue weighted by Crippen LogP contribution is 2.25. The maximum absolute atomic E-state index is 6.04. The van der Waals surface area contributed by atoms with Gasteiger partial charge in [-0.15, -0.1) is 6.58 Å². The molecule has 2 heteroatoms. The zero-order chi connectivity index (χ0) is 12.7. The highest BCUT2D eigenvalue weighted by molar-refractivity contribution is 4.99. The van der Waals surface area contributed by atoms with Crippen LogP contribution in [-0.4, -0.2) is 18.5 Å². The Labute approximate surface area is 106 Å². The molecule has 1 saturated heterocycles. The number of hydrogen-bond donors (Lipinski definition) is 0. The molecular formula is C15H26O2. The number of ether oxygens (including phenoxy) is 2. The normalized spacial score (nSPS) is 23.8. The maximum Gasteiger partial charge on any atom is 0.158 e. The van der Waals surface area contributed by atoms with Crippen LogP contribution in [0.4, 0.5) is 0 Å². The first kappa shape index (κ1) is 14.5. The Morgan fingerprint density at radius 2 is 2.24 bits per heavy atom. The molecule has 98 valence electrons. The second kappa shape index (κ2) is 6.97. The summed E-state index contributed by atoms with van der Waals surface area (Å²) < 4.78 is 11.7. The summed E-state index contributed by atoms with van der Waals surface area (Å²) in [6.45, 7) is 11.1. The van der Waals surface area contributed by atoms with E-state index in [4.69, 9.17) is 9.47 Å². The second-order valence-electron chi connectivity index (χ2n) is 5.25. The highest BCUT2D eigenvalue weighted by Gasteiger charge is 2.26. The van der Waals surface area contributed by atoms with E-state index in [0.717, 1.165) is 32.3 Å². The molecule has 2 nitrogen and oxygen atoms in total. The smallest absolute Gasteiger partial charge is 0.158 e. The molecule has 0 spiro atoms. The Kier molecular flexibility index (Phi) is 5.93. The van der Waals surface area contributed by atoms with E-state index >= 15 is 0 Å². The van der Waals surface area contributed by atoms with Crippen molar-refractivity contribution < 1.29 is 9.47 Å². The fourth-order valence-electron chi connectivity index (χ4n) is 1.96. The summed E-state index contributed by atoms with van der Waals surface area (Å²) in [7, 11) is 0. The summed E-state index contributed by atoms with van der Waals surface area (Å²) in [5.74, 6) is 0. The molecule has 2 unspecified atom stereocenters. The molecular weight excluding hydrogens is 212 g/mol. The third-order valence-electron chi connectivity index (χ3n) is 3.16. The lowest BCUT2D eigenvalue weighted by Gasteiger charge is -2.33. The predicted octanol–water partition coefficient (Wildman–Crippen LogP) is 4.22. The van der Waals surface area contributed by atoms with E-state index in [1.807, 2.05) is 6.08 Å². The summed E-state index contributed by atoms with van der Waals surface area (Å²) in [4.78, 5) is 0. The second-order valence-corrected chi connectivity index (χ2v) is 5.25. The molecule has 0 aromatic carbocycles. The van der Waals surface area contributed by atoms with Gasteiger partial charge in [0.25, 0.3) is 0 Å². The number of allylic oxidation sites excluding steroid dienone is 2. The first-order valence-corrected chi connectivity index (χ1v) is 6.62. The topological polar surface area (TPSA) is 18.5 Å². The van der Waals surface area contributed by atoms with Crippen LogP contribution in [0.25, 0.3) is 0 Å². The van der Waals surface area contributed by atoms with Crippen LogP contribution in [0.5, 0.6) is 0 Å². The molecule has 1 rings (SSSR count). The van der Waals surface area contributed by atoms with Gasteiger partial charge in [-0.2, -0.15) is 0 Å². The number of rotatable bonds is 6. The molecule has 2 atom stereocenters. The van der Waals surface area contributed by atoms with Crippen molar-refractivity contribution in [3.63, 3.8) is 0 Å². The van der Waals surface area contributed by atoms with Gasteiger partial charge in [0.15, 0.2) is 6.29 Å². The van der Waals surface area contributed by atoms with Crippen molar-refractivity contribution in [2.45, 2.75) is 64.8 Å². The summed E-state index contributed by atoms with van der Waals surface area (Å²) in [6.07, 6.45) is 9.45. The van der Waals surface area contributed by atoms with Crippen molar-refractivity contribution in [1.29, 1.82) is 0 Å². The fraction of sp³-hybridized carbons (Fsp3) is 0.733. The Morgan fingerprint density at radius 1 is 1.47 bits per heavy atom. The van der Waals surface area contributed by atoms with Gasteiger partial charge in [-0.3, -0.25) is 0 Å². The standard InChI is InChI=1S/C15H26O2/c1-5-15(4,11-8-9-13(2)3)17-14-10-6-7-12-16-14/h5,9,14H,1,6-8,10-12H2,2-4H3. The summed E-state index contributed by atoms with van der Waals surface area (Å²) in [5, 5.41) is 0. The lowest BCUT2D eigenvalue weighted by atomic mass is 9.99. The van der Waals surface area contributed by atoms with Crippen molar-refractivity contribution in [3.05, 3.63) is 24.3 Å².